The molecule has 1 unspecified atom stereocenters. The maximum Gasteiger partial charge on any atom is 0.403 e. The van der Waals surface area contributed by atoms with Crippen LogP contribution in [0.25, 0.3) is 0 Å². The normalized spacial score (nSPS) is 24.3. The Hall–Kier alpha value is -1.02. The summed E-state index contributed by atoms with van der Waals surface area (Å²) >= 11 is 0. The molecule has 2 aliphatic rings. The average Bonchev–Trinajstić information content (AvgIpc) is 2.48. The minimum atomic E-state index is -4.17. The number of nitrogens with one attached hydrogen (secondary N) is 1. The lowest BCUT2D eigenvalue weighted by Gasteiger charge is -2.40. The third kappa shape index (κ3) is 4.73. The zero-order valence-corrected chi connectivity index (χ0v) is 14.1. The summed E-state index contributed by atoms with van der Waals surface area (Å²) < 4.78 is 43.6. The molecule has 0 bridgehead atoms. The van der Waals surface area contributed by atoms with E-state index >= 15 is 0 Å². The molecule has 0 saturated carbocycles. The van der Waals surface area contributed by atoms with E-state index in [0.717, 1.165) is 12.5 Å². The molecule has 2 aliphatic heterocycles. The molecule has 2 fully saturated rings. The van der Waals surface area contributed by atoms with Crippen molar-refractivity contribution in [2.45, 2.75) is 33.0 Å². The number of guanidine groups is 1. The van der Waals surface area contributed by atoms with Crippen molar-refractivity contribution in [2.24, 2.45) is 10.4 Å². The molecule has 1 N–H and O–H groups in total. The van der Waals surface area contributed by atoms with Gasteiger partial charge in [0.05, 0.1) is 19.8 Å². The Labute approximate surface area is 135 Å². The van der Waals surface area contributed by atoms with Crippen LogP contribution in [0, 0.1) is 5.41 Å². The second kappa shape index (κ2) is 7.25. The van der Waals surface area contributed by atoms with Crippen LogP contribution in [0.15, 0.2) is 4.99 Å². The number of rotatable bonds is 4. The van der Waals surface area contributed by atoms with E-state index in [-0.39, 0.29) is 5.41 Å². The maximum absolute atomic E-state index is 12.8. The van der Waals surface area contributed by atoms with Crippen LogP contribution in [-0.4, -0.2) is 80.5 Å². The number of ether oxygens (including phenoxy) is 1. The van der Waals surface area contributed by atoms with Crippen LogP contribution in [0.5, 0.6) is 0 Å². The number of alkyl halides is 3. The van der Waals surface area contributed by atoms with Gasteiger partial charge in [0.25, 0.3) is 0 Å². The highest BCUT2D eigenvalue weighted by molar-refractivity contribution is 5.80. The Kier molecular flexibility index (Phi) is 5.78. The van der Waals surface area contributed by atoms with E-state index in [9.17, 15) is 13.2 Å². The summed E-state index contributed by atoms with van der Waals surface area (Å²) in [6, 6.07) is -1.39. The van der Waals surface area contributed by atoms with Crippen LogP contribution in [0.2, 0.25) is 0 Å². The van der Waals surface area contributed by atoms with Crippen molar-refractivity contribution in [1.29, 1.82) is 0 Å². The molecular weight excluding hydrogens is 309 g/mol. The molecule has 0 amide bonds. The fourth-order valence-electron chi connectivity index (χ4n) is 2.76. The molecule has 0 aliphatic carbocycles. The molecule has 2 saturated heterocycles. The van der Waals surface area contributed by atoms with Crippen LogP contribution >= 0.6 is 0 Å². The Morgan fingerprint density at radius 3 is 2.30 bits per heavy atom. The first-order valence-corrected chi connectivity index (χ1v) is 8.17. The molecule has 8 heteroatoms. The van der Waals surface area contributed by atoms with Crippen molar-refractivity contribution >= 4 is 5.96 Å². The van der Waals surface area contributed by atoms with Gasteiger partial charge in [0.1, 0.15) is 6.04 Å². The van der Waals surface area contributed by atoms with E-state index in [1.54, 1.807) is 0 Å². The van der Waals surface area contributed by atoms with Crippen molar-refractivity contribution in [3.63, 3.8) is 0 Å². The summed E-state index contributed by atoms with van der Waals surface area (Å²) in [7, 11) is 0. The number of halogens is 3. The molecule has 1 atom stereocenters. The highest BCUT2D eigenvalue weighted by Crippen LogP contribution is 2.27. The number of piperazine rings is 1. The molecule has 5 nitrogen and oxygen atoms in total. The number of nitrogens with zero attached hydrogens (tertiary/aromatic N) is 3. The summed E-state index contributed by atoms with van der Waals surface area (Å²) in [5.41, 5.74) is 0.0906. The Morgan fingerprint density at radius 2 is 1.87 bits per heavy atom. The van der Waals surface area contributed by atoms with Gasteiger partial charge in [-0.25, -0.2) is 0 Å². The predicted octanol–water partition coefficient (Wildman–Crippen LogP) is 1.56. The van der Waals surface area contributed by atoms with Crippen molar-refractivity contribution in [3.05, 3.63) is 0 Å². The van der Waals surface area contributed by atoms with Gasteiger partial charge in [-0.05, 0) is 13.8 Å². The van der Waals surface area contributed by atoms with Crippen LogP contribution in [-0.2, 0) is 4.74 Å². The first-order valence-electron chi connectivity index (χ1n) is 8.17. The van der Waals surface area contributed by atoms with E-state index in [0.29, 0.717) is 45.9 Å². The standard InChI is InChI=1S/C15H27F3N4O/c1-4-19-13(20-9-14(3)10-23-11-14)22-7-5-21(6-8-22)12(2)15(16,17)18/h12H,4-11H2,1-3H3,(H,19,20). The second-order valence-electron chi connectivity index (χ2n) is 6.71. The first-order chi connectivity index (χ1) is 10.7. The largest absolute Gasteiger partial charge is 0.403 e. The minimum Gasteiger partial charge on any atom is -0.380 e. The predicted molar refractivity (Wildman–Crippen MR) is 83.6 cm³/mol. The van der Waals surface area contributed by atoms with Gasteiger partial charge in [-0.3, -0.25) is 9.89 Å². The topological polar surface area (TPSA) is 40.1 Å². The van der Waals surface area contributed by atoms with Crippen LogP contribution in [0.3, 0.4) is 0 Å². The van der Waals surface area contributed by atoms with Crippen LogP contribution in [0.4, 0.5) is 13.2 Å². The highest BCUT2D eigenvalue weighted by atomic mass is 19.4. The molecule has 0 aromatic heterocycles. The summed E-state index contributed by atoms with van der Waals surface area (Å²) in [6.07, 6.45) is -4.17. The van der Waals surface area contributed by atoms with Crippen molar-refractivity contribution in [1.82, 2.24) is 15.1 Å². The fraction of sp³-hybridized carbons (Fsp3) is 0.933. The molecule has 0 radical (unpaired) electrons. The Bertz CT molecular complexity index is 415. The summed E-state index contributed by atoms with van der Waals surface area (Å²) in [4.78, 5) is 8.20. The molecule has 2 heterocycles. The summed E-state index contributed by atoms with van der Waals surface area (Å²) in [5.74, 6) is 0.792. The number of aliphatic imine (C=N–C) groups is 1. The number of hydrogen-bond donors (Lipinski definition) is 1. The average molecular weight is 336 g/mol. The van der Waals surface area contributed by atoms with Gasteiger partial charge in [-0.15, -0.1) is 0 Å². The summed E-state index contributed by atoms with van der Waals surface area (Å²) in [6.45, 7) is 10.1. The van der Waals surface area contributed by atoms with Gasteiger partial charge in [0.2, 0.25) is 0 Å². The van der Waals surface area contributed by atoms with Gasteiger partial charge >= 0.3 is 6.18 Å². The van der Waals surface area contributed by atoms with Crippen LogP contribution < -0.4 is 5.32 Å². The van der Waals surface area contributed by atoms with Crippen LogP contribution in [0.1, 0.15) is 20.8 Å². The van der Waals surface area contributed by atoms with E-state index < -0.39 is 12.2 Å². The monoisotopic (exact) mass is 336 g/mol. The minimum absolute atomic E-state index is 0.0906. The van der Waals surface area contributed by atoms with E-state index in [2.05, 4.69) is 17.2 Å². The Balaban J connectivity index is 1.91. The highest BCUT2D eigenvalue weighted by Gasteiger charge is 2.41. The fourth-order valence-corrected chi connectivity index (χ4v) is 2.76. The first kappa shape index (κ1) is 18.3. The SMILES string of the molecule is CCNC(=NCC1(C)COC1)N1CCN(C(C)C(F)(F)F)CC1. The van der Waals surface area contributed by atoms with Crippen molar-refractivity contribution in [3.8, 4) is 0 Å². The molecular formula is C15H27F3N4O. The van der Waals surface area contributed by atoms with Gasteiger partial charge in [-0.2, -0.15) is 13.2 Å². The molecule has 0 spiro atoms. The van der Waals surface area contributed by atoms with E-state index in [1.807, 2.05) is 11.8 Å². The lowest BCUT2D eigenvalue weighted by molar-refractivity contribution is -0.181. The lowest BCUT2D eigenvalue weighted by Crippen LogP contribution is -2.57. The van der Waals surface area contributed by atoms with E-state index in [4.69, 9.17) is 4.74 Å². The third-order valence-electron chi connectivity index (χ3n) is 4.48. The van der Waals surface area contributed by atoms with Gasteiger partial charge in [-0.1, -0.05) is 6.92 Å². The maximum atomic E-state index is 12.8. The zero-order chi connectivity index (χ0) is 17.1. The van der Waals surface area contributed by atoms with Crippen molar-refractivity contribution < 1.29 is 17.9 Å². The van der Waals surface area contributed by atoms with Crippen molar-refractivity contribution in [2.75, 3.05) is 52.5 Å². The van der Waals surface area contributed by atoms with E-state index in [1.165, 1.54) is 11.8 Å². The molecule has 134 valence electrons. The second-order valence-corrected chi connectivity index (χ2v) is 6.71. The molecule has 23 heavy (non-hydrogen) atoms. The molecule has 2 rings (SSSR count). The smallest absolute Gasteiger partial charge is 0.380 e. The van der Waals surface area contributed by atoms with Gasteiger partial charge < -0.3 is 15.0 Å². The Morgan fingerprint density at radius 1 is 1.26 bits per heavy atom. The third-order valence-corrected chi connectivity index (χ3v) is 4.48. The van der Waals surface area contributed by atoms with Gasteiger partial charge in [0, 0.05) is 38.1 Å². The molecule has 0 aromatic rings. The number of hydrogen-bond acceptors (Lipinski definition) is 3. The zero-order valence-electron chi connectivity index (χ0n) is 14.1. The molecule has 0 aromatic carbocycles. The summed E-state index contributed by atoms with van der Waals surface area (Å²) in [5, 5.41) is 3.24. The lowest BCUT2D eigenvalue weighted by atomic mass is 9.89. The quantitative estimate of drug-likeness (QED) is 0.625. The van der Waals surface area contributed by atoms with Gasteiger partial charge in [0.15, 0.2) is 5.96 Å².